The van der Waals surface area contributed by atoms with Gasteiger partial charge in [0.1, 0.15) is 30.4 Å². The molecule has 6 atom stereocenters. The maximum atomic E-state index is 14.2. The van der Waals surface area contributed by atoms with Crippen LogP contribution in [0.15, 0.2) is 83.1 Å². The average Bonchev–Trinajstić information content (AvgIpc) is 4.22. The number of pyridine rings is 2. The first-order chi connectivity index (χ1) is 37.3. The third-order valence-electron chi connectivity index (χ3n) is 16.0. The molecule has 1 unspecified atom stereocenters. The van der Waals surface area contributed by atoms with Crippen molar-refractivity contribution in [2.75, 3.05) is 61.4 Å². The molecule has 20 nitrogen and oxygen atoms in total. The van der Waals surface area contributed by atoms with Crippen molar-refractivity contribution in [1.82, 2.24) is 45.4 Å². The molecule has 4 saturated heterocycles. The maximum Gasteiger partial charge on any atom is 0.254 e. The molecule has 5 N–H and O–H groups in total. The lowest BCUT2D eigenvalue weighted by molar-refractivity contribution is -0.141. The number of likely N-dealkylation sites (tertiary alicyclic amines) is 2. The highest BCUT2D eigenvalue weighted by Crippen LogP contribution is 2.41. The zero-order valence-corrected chi connectivity index (χ0v) is 44.8. The van der Waals surface area contributed by atoms with Gasteiger partial charge in [-0.15, -0.1) is 21.5 Å². The van der Waals surface area contributed by atoms with Crippen LogP contribution in [-0.2, 0) is 14.3 Å². The van der Waals surface area contributed by atoms with E-state index in [0.717, 1.165) is 97.9 Å². The number of amides is 2. The van der Waals surface area contributed by atoms with Crippen LogP contribution in [-0.4, -0.2) is 151 Å². The van der Waals surface area contributed by atoms with Gasteiger partial charge in [-0.25, -0.2) is 9.97 Å². The number of anilines is 3. The Morgan fingerprint density at radius 2 is 1.68 bits per heavy atom. The Labute approximate surface area is 451 Å². The molecular weight excluding hydrogens is 1000 g/mol. The average molecular weight is 1070 g/mol. The van der Waals surface area contributed by atoms with Gasteiger partial charge in [-0.2, -0.15) is 0 Å². The fourth-order valence-corrected chi connectivity index (χ4v) is 12.6. The zero-order chi connectivity index (χ0) is 53.3. The number of nitrogens with two attached hydrogens (primary N) is 1. The van der Waals surface area contributed by atoms with Crippen LogP contribution in [0.5, 0.6) is 17.5 Å². The van der Waals surface area contributed by atoms with Crippen LogP contribution in [0.3, 0.4) is 0 Å². The summed E-state index contributed by atoms with van der Waals surface area (Å²) in [5, 5.41) is 36.9. The summed E-state index contributed by atoms with van der Waals surface area (Å²) in [6, 6.07) is 18.1. The number of hydrogen-bond acceptors (Lipinski definition) is 19. The van der Waals surface area contributed by atoms with Gasteiger partial charge in [-0.1, -0.05) is 32.0 Å². The smallest absolute Gasteiger partial charge is 0.254 e. The fourth-order valence-electron chi connectivity index (χ4n) is 11.8. The quantitative estimate of drug-likeness (QED) is 0.0713. The second-order valence-corrected chi connectivity index (χ2v) is 22.4. The van der Waals surface area contributed by atoms with E-state index < -0.39 is 18.1 Å². The third kappa shape index (κ3) is 11.4. The lowest BCUT2D eigenvalue weighted by atomic mass is 9.91. The van der Waals surface area contributed by atoms with Crippen molar-refractivity contribution < 1.29 is 38.5 Å². The number of aromatic nitrogens is 6. The Morgan fingerprint density at radius 1 is 0.883 bits per heavy atom. The largest absolute Gasteiger partial charge is 0.507 e. The Balaban J connectivity index is 0.601. The van der Waals surface area contributed by atoms with Crippen LogP contribution in [0.25, 0.3) is 21.8 Å². The first-order valence-electron chi connectivity index (χ1n) is 27.0. The summed E-state index contributed by atoms with van der Waals surface area (Å²) in [4.78, 5) is 51.1. The second-order valence-electron chi connectivity index (χ2n) is 21.6. The topological polar surface area (TPSA) is 244 Å². The highest BCUT2D eigenvalue weighted by molar-refractivity contribution is 7.13. The standard InChI is InChI=1S/C56H68N12O8S/c1-32(2)52(56(72)67-30-39(69)22-47(67)55(71)61-33(3)35-9-12-44(59-27-35)53-34(4)60-31-77-53)49-26-51(64-76-49)73-20-19-65-17-14-40(15-18-65)74-41-23-42(24-41)75-50-21-36(13-16-58-50)68-37-10-11-38(68)29-66(28-37)46-25-45(62-63-54(46)57)43-7-5-6-8-48(43)70/h5-9,12-13,16,21,25-27,31-33,37-42,47,52,69-70H,10-11,14-15,17-20,22-24,28-30H2,1-4H3,(H2,57,63)(H,61,71)/t33-,37+,38?,39+,41?,42?,47-,52+/m0/s1. The van der Waals surface area contributed by atoms with E-state index in [-0.39, 0.29) is 72.9 Å². The van der Waals surface area contributed by atoms with Gasteiger partial charge in [0.05, 0.1) is 57.5 Å². The van der Waals surface area contributed by atoms with E-state index in [2.05, 4.69) is 62.5 Å². The molecule has 2 bridgehead atoms. The molecule has 77 heavy (non-hydrogen) atoms. The number of benzene rings is 1. The van der Waals surface area contributed by atoms with Gasteiger partial charge in [-0.05, 0) is 86.5 Å². The highest BCUT2D eigenvalue weighted by Gasteiger charge is 2.45. The summed E-state index contributed by atoms with van der Waals surface area (Å²) < 4.78 is 24.7. The number of ether oxygens (including phenoxy) is 3. The number of fused-ring (bicyclic) bond motifs is 2. The van der Waals surface area contributed by atoms with Crippen LogP contribution in [0.4, 0.5) is 17.2 Å². The van der Waals surface area contributed by atoms with Gasteiger partial charge in [0, 0.05) is 106 Å². The van der Waals surface area contributed by atoms with Crippen LogP contribution >= 0.6 is 11.3 Å². The molecule has 5 aromatic heterocycles. The van der Waals surface area contributed by atoms with Crippen LogP contribution in [0.2, 0.25) is 0 Å². The molecule has 2 amide bonds. The molecule has 406 valence electrons. The summed E-state index contributed by atoms with van der Waals surface area (Å²) in [7, 11) is 0. The first kappa shape index (κ1) is 52.1. The lowest BCUT2D eigenvalue weighted by Crippen LogP contribution is -2.54. The van der Waals surface area contributed by atoms with Crippen LogP contribution in [0, 0.1) is 12.8 Å². The SMILES string of the molecule is Cc1ncsc1-c1ccc([C@H](C)NC(=O)[C@@H]2C[C@@H](O)CN2C(=O)[C@@H](c2cc(OCCN3CCC(OC4CC(Oc5cc(N6C7CC[C@@H]6CN(c6cc(-c8ccccc8O)nnc6N)C7)ccn5)C4)CC3)no2)C(C)C)cn1. The van der Waals surface area contributed by atoms with Gasteiger partial charge in [0.2, 0.25) is 17.7 Å². The normalized spacial score (nSPS) is 23.5. The number of nitrogens with one attached hydrogen (secondary N) is 1. The predicted molar refractivity (Wildman–Crippen MR) is 290 cm³/mol. The summed E-state index contributed by atoms with van der Waals surface area (Å²) in [6.07, 6.45) is 8.92. The number of hydrogen-bond donors (Lipinski definition) is 4. The van der Waals surface area contributed by atoms with Crippen molar-refractivity contribution in [1.29, 1.82) is 0 Å². The number of aliphatic hydroxyl groups is 1. The number of thiazole rings is 1. The van der Waals surface area contributed by atoms with Gasteiger partial charge < -0.3 is 54.7 Å². The summed E-state index contributed by atoms with van der Waals surface area (Å²) in [5.41, 5.74) is 13.9. The molecule has 5 fully saturated rings. The number of aromatic hydroxyl groups is 1. The lowest BCUT2D eigenvalue weighted by Gasteiger charge is -2.43. The Morgan fingerprint density at radius 3 is 2.40 bits per heavy atom. The number of carbonyl (C=O) groups is 2. The Kier molecular flexibility index (Phi) is 15.3. The van der Waals surface area contributed by atoms with E-state index in [9.17, 15) is 19.8 Å². The molecular formula is C56H68N12O8S. The number of phenols is 1. The van der Waals surface area contributed by atoms with Gasteiger partial charge in [-0.3, -0.25) is 19.5 Å². The van der Waals surface area contributed by atoms with Crippen molar-refractivity contribution in [2.45, 2.75) is 127 Å². The molecule has 1 saturated carbocycles. The van der Waals surface area contributed by atoms with E-state index in [1.807, 2.05) is 64.2 Å². The van der Waals surface area contributed by atoms with Crippen molar-refractivity contribution in [3.63, 3.8) is 0 Å². The van der Waals surface area contributed by atoms with Crippen LogP contribution in [0.1, 0.15) is 94.7 Å². The second kappa shape index (κ2) is 22.6. The number of aliphatic hydroxyl groups excluding tert-OH is 1. The minimum Gasteiger partial charge on any atom is -0.507 e. The molecule has 5 aliphatic rings. The highest BCUT2D eigenvalue weighted by atomic mass is 32.1. The molecule has 0 spiro atoms. The van der Waals surface area contributed by atoms with Gasteiger partial charge >= 0.3 is 0 Å². The summed E-state index contributed by atoms with van der Waals surface area (Å²) >= 11 is 1.53. The van der Waals surface area contributed by atoms with Gasteiger partial charge in [0.25, 0.3) is 5.88 Å². The number of nitrogen functional groups attached to an aromatic ring is 1. The molecule has 6 aromatic rings. The van der Waals surface area contributed by atoms with E-state index in [0.29, 0.717) is 47.7 Å². The molecule has 11 rings (SSSR count). The van der Waals surface area contributed by atoms with Gasteiger partial charge in [0.15, 0.2) is 11.6 Å². The number of phenolic OH excluding ortho intramolecular Hbond substituents is 1. The molecule has 9 heterocycles. The zero-order valence-electron chi connectivity index (χ0n) is 44.0. The number of carbonyl (C=O) groups excluding carboxylic acids is 2. The Bertz CT molecular complexity index is 3000. The summed E-state index contributed by atoms with van der Waals surface area (Å²) in [5.74, 6) is 0.263. The molecule has 1 aromatic carbocycles. The number of piperidine rings is 1. The minimum atomic E-state index is -0.850. The van der Waals surface area contributed by atoms with E-state index in [1.165, 1.54) is 16.2 Å². The first-order valence-corrected chi connectivity index (χ1v) is 27.9. The van der Waals surface area contributed by atoms with Crippen molar-refractivity contribution in [2.24, 2.45) is 5.92 Å². The molecule has 4 aliphatic heterocycles. The van der Waals surface area contributed by atoms with E-state index in [1.54, 1.807) is 29.9 Å². The van der Waals surface area contributed by atoms with Crippen LogP contribution < -0.4 is 30.3 Å². The van der Waals surface area contributed by atoms with Crippen molar-refractivity contribution in [3.8, 4) is 39.3 Å². The van der Waals surface area contributed by atoms with Crippen molar-refractivity contribution in [3.05, 3.63) is 95.6 Å². The Hall–Kier alpha value is -6.94. The number of piperazine rings is 1. The molecule has 0 radical (unpaired) electrons. The molecule has 1 aliphatic carbocycles. The number of nitrogens with zero attached hydrogens (tertiary/aromatic N) is 10. The number of β-amino-alcohol motifs (C(OH)–C–C–N with tert-alkyl or cyclic N) is 1. The monoisotopic (exact) mass is 1070 g/mol. The number of para-hydroxylation sites is 1. The fraction of sp³-hybridized carbons (Fsp3) is 0.500. The maximum absolute atomic E-state index is 14.2. The van der Waals surface area contributed by atoms with E-state index in [4.69, 9.17) is 24.5 Å². The van der Waals surface area contributed by atoms with Crippen molar-refractivity contribution >= 4 is 40.3 Å². The number of aryl methyl sites for hydroxylation is 1. The minimum absolute atomic E-state index is 0.0405. The molecule has 21 heteroatoms. The summed E-state index contributed by atoms with van der Waals surface area (Å²) in [6.45, 7) is 12.2. The number of rotatable bonds is 18. The third-order valence-corrected chi connectivity index (χ3v) is 16.9. The van der Waals surface area contributed by atoms with E-state index >= 15 is 0 Å². The predicted octanol–water partition coefficient (Wildman–Crippen LogP) is 6.55.